The van der Waals surface area contributed by atoms with E-state index in [1.807, 2.05) is 0 Å². The summed E-state index contributed by atoms with van der Waals surface area (Å²) in [5, 5.41) is 15.0. The molecule has 2 atom stereocenters. The minimum atomic E-state index is -1.01. The average Bonchev–Trinajstić information content (AvgIpc) is 2.70. The molecule has 0 saturated carbocycles. The van der Waals surface area contributed by atoms with Crippen molar-refractivity contribution in [3.63, 3.8) is 0 Å². The first-order valence-electron chi connectivity index (χ1n) is 11.0. The van der Waals surface area contributed by atoms with Gasteiger partial charge in [-0.1, -0.05) is 41.0 Å². The van der Waals surface area contributed by atoms with Gasteiger partial charge < -0.3 is 15.7 Å². The van der Waals surface area contributed by atoms with Crippen LogP contribution in [0.5, 0.6) is 0 Å². The van der Waals surface area contributed by atoms with Gasteiger partial charge in [-0.3, -0.25) is 4.79 Å². The van der Waals surface area contributed by atoms with Crippen molar-refractivity contribution in [3.05, 3.63) is 47.6 Å². The maximum Gasteiger partial charge on any atom is 0.327 e. The van der Waals surface area contributed by atoms with Crippen molar-refractivity contribution in [3.8, 4) is 0 Å². The Labute approximate surface area is 193 Å². The summed E-state index contributed by atoms with van der Waals surface area (Å²) in [5.41, 5.74) is 4.09. The van der Waals surface area contributed by atoms with Gasteiger partial charge in [0, 0.05) is 11.5 Å². The zero-order valence-electron chi connectivity index (χ0n) is 20.0. The monoisotopic (exact) mass is 450 g/mol. The number of hydrogen-bond acceptors (Lipinski definition) is 4. The molecule has 0 aromatic rings. The summed E-state index contributed by atoms with van der Waals surface area (Å²) in [6.45, 7) is 12.2. The van der Waals surface area contributed by atoms with Crippen LogP contribution in [0.25, 0.3) is 0 Å². The van der Waals surface area contributed by atoms with Crippen LogP contribution in [0.3, 0.4) is 0 Å². The van der Waals surface area contributed by atoms with Crippen molar-refractivity contribution in [2.75, 3.05) is 18.6 Å². The van der Waals surface area contributed by atoms with Crippen LogP contribution in [-0.2, 0) is 9.59 Å². The van der Waals surface area contributed by atoms with Crippen LogP contribution in [0.2, 0.25) is 0 Å². The van der Waals surface area contributed by atoms with Gasteiger partial charge in [-0.15, -0.1) is 6.58 Å². The molecule has 6 heteroatoms. The minimum Gasteiger partial charge on any atom is -0.480 e. The van der Waals surface area contributed by atoms with E-state index in [0.29, 0.717) is 18.6 Å². The Balaban J connectivity index is 4.37. The number of aliphatic carboxylic acids is 1. The normalized spacial score (nSPS) is 14.0. The van der Waals surface area contributed by atoms with E-state index in [0.717, 1.165) is 31.4 Å². The number of thioether (sulfide) groups is 1. The highest BCUT2D eigenvalue weighted by molar-refractivity contribution is 7.99. The molecule has 176 valence electrons. The van der Waals surface area contributed by atoms with Crippen molar-refractivity contribution >= 4 is 23.6 Å². The molecule has 5 nitrogen and oxygen atoms in total. The first kappa shape index (κ1) is 29.2. The lowest BCUT2D eigenvalue weighted by Crippen LogP contribution is -2.50. The second-order valence-corrected chi connectivity index (χ2v) is 9.18. The lowest BCUT2D eigenvalue weighted by Gasteiger charge is -2.19. The molecule has 1 amide bonds. The third kappa shape index (κ3) is 15.6. The van der Waals surface area contributed by atoms with Crippen molar-refractivity contribution in [1.29, 1.82) is 0 Å². The van der Waals surface area contributed by atoms with E-state index >= 15 is 0 Å². The SMILES string of the molecule is C=CCCC(NC)C(=O)NC(CSC/C=C(\C)CC/C=C(\C)CCC=C(C)C)C(=O)O. The second-order valence-electron chi connectivity index (χ2n) is 8.10. The Hall–Kier alpha value is -1.79. The van der Waals surface area contributed by atoms with Gasteiger partial charge in [0.2, 0.25) is 5.91 Å². The molecule has 0 saturated heterocycles. The zero-order valence-corrected chi connectivity index (χ0v) is 20.8. The molecule has 0 aliphatic rings. The first-order chi connectivity index (χ1) is 14.7. The van der Waals surface area contributed by atoms with Crippen LogP contribution in [0.15, 0.2) is 47.6 Å². The summed E-state index contributed by atoms with van der Waals surface area (Å²) in [5.74, 6) is -0.211. The number of rotatable bonds is 17. The third-order valence-electron chi connectivity index (χ3n) is 4.90. The molecule has 0 fully saturated rings. The third-order valence-corrected chi connectivity index (χ3v) is 5.87. The van der Waals surface area contributed by atoms with Gasteiger partial charge in [0.15, 0.2) is 0 Å². The Morgan fingerprint density at radius 1 is 0.968 bits per heavy atom. The molecule has 3 N–H and O–H groups in total. The van der Waals surface area contributed by atoms with Crippen LogP contribution in [0.1, 0.15) is 66.2 Å². The smallest absolute Gasteiger partial charge is 0.327 e. The van der Waals surface area contributed by atoms with E-state index in [2.05, 4.69) is 63.1 Å². The van der Waals surface area contributed by atoms with E-state index < -0.39 is 18.1 Å². The highest BCUT2D eigenvalue weighted by Crippen LogP contribution is 2.13. The zero-order chi connectivity index (χ0) is 23.6. The van der Waals surface area contributed by atoms with Crippen LogP contribution < -0.4 is 10.6 Å². The average molecular weight is 451 g/mol. The number of nitrogens with one attached hydrogen (secondary N) is 2. The summed E-state index contributed by atoms with van der Waals surface area (Å²) < 4.78 is 0. The standard InChI is InChI=1S/C25H42N2O3S/c1-7-8-15-22(26-6)24(28)27-23(25(29)30)18-31-17-16-21(5)14-10-13-20(4)12-9-11-19(2)3/h7,11,13,16,22-23,26H,1,8-10,12,14-15,17-18H2,2-6H3,(H,27,28)(H,29,30)/b20-13+,21-16+. The van der Waals surface area contributed by atoms with Crippen LogP contribution >= 0.6 is 11.8 Å². The number of likely N-dealkylation sites (N-methyl/N-ethyl adjacent to an activating group) is 1. The predicted molar refractivity (Wildman–Crippen MR) is 135 cm³/mol. The van der Waals surface area contributed by atoms with Crippen molar-refractivity contribution in [1.82, 2.24) is 10.6 Å². The summed E-state index contributed by atoms with van der Waals surface area (Å²) in [6.07, 6.45) is 14.0. The maximum absolute atomic E-state index is 12.3. The van der Waals surface area contributed by atoms with Gasteiger partial charge in [0.25, 0.3) is 0 Å². The first-order valence-corrected chi connectivity index (χ1v) is 12.2. The molecule has 31 heavy (non-hydrogen) atoms. The van der Waals surface area contributed by atoms with E-state index in [1.165, 1.54) is 28.5 Å². The number of carboxylic acids is 1. The number of amides is 1. The van der Waals surface area contributed by atoms with Crippen LogP contribution in [0.4, 0.5) is 0 Å². The quantitative estimate of drug-likeness (QED) is 0.208. The van der Waals surface area contributed by atoms with Crippen molar-refractivity contribution < 1.29 is 14.7 Å². The van der Waals surface area contributed by atoms with E-state index in [4.69, 9.17) is 0 Å². The van der Waals surface area contributed by atoms with E-state index in [9.17, 15) is 14.7 Å². The fraction of sp³-hybridized carbons (Fsp3) is 0.600. The molecule has 0 bridgehead atoms. The van der Waals surface area contributed by atoms with Gasteiger partial charge in [0.1, 0.15) is 6.04 Å². The molecule has 0 rings (SSSR count). The Kier molecular flexibility index (Phi) is 16.8. The lowest BCUT2D eigenvalue weighted by molar-refractivity contribution is -0.141. The highest BCUT2D eigenvalue weighted by Gasteiger charge is 2.23. The van der Waals surface area contributed by atoms with Gasteiger partial charge in [-0.25, -0.2) is 4.79 Å². The van der Waals surface area contributed by atoms with Crippen LogP contribution in [-0.4, -0.2) is 47.6 Å². The van der Waals surface area contributed by atoms with Gasteiger partial charge in [-0.05, 0) is 73.3 Å². The van der Waals surface area contributed by atoms with Gasteiger partial charge in [0.05, 0.1) is 6.04 Å². The molecule has 0 aromatic heterocycles. The van der Waals surface area contributed by atoms with E-state index in [-0.39, 0.29) is 5.91 Å². The fourth-order valence-electron chi connectivity index (χ4n) is 2.86. The Morgan fingerprint density at radius 3 is 2.13 bits per heavy atom. The van der Waals surface area contributed by atoms with Gasteiger partial charge >= 0.3 is 5.97 Å². The molecule has 2 unspecified atom stereocenters. The molecule has 0 aromatic carbocycles. The topological polar surface area (TPSA) is 78.4 Å². The molecular formula is C25H42N2O3S. The summed E-state index contributed by atoms with van der Waals surface area (Å²) >= 11 is 1.52. The highest BCUT2D eigenvalue weighted by atomic mass is 32.2. The molecule has 0 aliphatic carbocycles. The fourth-order valence-corrected chi connectivity index (χ4v) is 3.86. The Morgan fingerprint density at radius 2 is 1.58 bits per heavy atom. The molecule has 0 spiro atoms. The number of carboxylic acid groups (broad SMARTS) is 1. The summed E-state index contributed by atoms with van der Waals surface area (Å²) in [4.78, 5) is 23.8. The molecule has 0 aliphatic heterocycles. The van der Waals surface area contributed by atoms with E-state index in [1.54, 1.807) is 13.1 Å². The predicted octanol–water partition coefficient (Wildman–Crippen LogP) is 5.26. The lowest BCUT2D eigenvalue weighted by atomic mass is 10.1. The van der Waals surface area contributed by atoms with Crippen molar-refractivity contribution in [2.24, 2.45) is 0 Å². The molecular weight excluding hydrogens is 408 g/mol. The van der Waals surface area contributed by atoms with Crippen LogP contribution in [0, 0.1) is 0 Å². The van der Waals surface area contributed by atoms with Gasteiger partial charge in [-0.2, -0.15) is 11.8 Å². The number of allylic oxidation sites excluding steroid dienone is 6. The Bertz CT molecular complexity index is 649. The largest absolute Gasteiger partial charge is 0.480 e. The molecule has 0 radical (unpaired) electrons. The molecule has 0 heterocycles. The number of hydrogen-bond donors (Lipinski definition) is 3. The number of carbonyl (C=O) groups is 2. The summed E-state index contributed by atoms with van der Waals surface area (Å²) in [6, 6.07) is -1.30. The maximum atomic E-state index is 12.3. The number of carbonyl (C=O) groups excluding carboxylic acids is 1. The second kappa shape index (κ2) is 17.8. The summed E-state index contributed by atoms with van der Waals surface area (Å²) in [7, 11) is 1.70. The minimum absolute atomic E-state index is 0.282. The van der Waals surface area contributed by atoms with Crippen molar-refractivity contribution in [2.45, 2.75) is 78.3 Å².